The molecular formula is C17H28N2. The fourth-order valence-corrected chi connectivity index (χ4v) is 2.88. The summed E-state index contributed by atoms with van der Waals surface area (Å²) in [7, 11) is 0. The largest absolute Gasteiger partial charge is 0.314 e. The summed E-state index contributed by atoms with van der Waals surface area (Å²) in [4.78, 5) is 2.59. The Hall–Kier alpha value is -0.860. The van der Waals surface area contributed by atoms with Crippen molar-refractivity contribution in [1.29, 1.82) is 0 Å². The molecule has 19 heavy (non-hydrogen) atoms. The van der Waals surface area contributed by atoms with Crippen molar-refractivity contribution in [3.63, 3.8) is 0 Å². The molecule has 0 amide bonds. The molecule has 0 spiro atoms. The van der Waals surface area contributed by atoms with Gasteiger partial charge >= 0.3 is 0 Å². The zero-order valence-electron chi connectivity index (χ0n) is 12.4. The normalized spacial score (nSPS) is 19.5. The molecule has 0 aliphatic carbocycles. The van der Waals surface area contributed by atoms with E-state index >= 15 is 0 Å². The van der Waals surface area contributed by atoms with Gasteiger partial charge in [-0.2, -0.15) is 0 Å². The summed E-state index contributed by atoms with van der Waals surface area (Å²) in [6.45, 7) is 8.12. The van der Waals surface area contributed by atoms with Gasteiger partial charge < -0.3 is 5.32 Å². The summed E-state index contributed by atoms with van der Waals surface area (Å²) in [5.41, 5.74) is 1.43. The van der Waals surface area contributed by atoms with E-state index in [-0.39, 0.29) is 0 Å². The van der Waals surface area contributed by atoms with Gasteiger partial charge in [0.05, 0.1) is 0 Å². The molecule has 0 radical (unpaired) electrons. The minimum atomic E-state index is 0.622. The molecule has 2 rings (SSSR count). The van der Waals surface area contributed by atoms with Crippen molar-refractivity contribution in [3.8, 4) is 0 Å². The van der Waals surface area contributed by atoms with E-state index in [4.69, 9.17) is 0 Å². The van der Waals surface area contributed by atoms with Crippen LogP contribution >= 0.6 is 0 Å². The van der Waals surface area contributed by atoms with E-state index in [0.717, 1.165) is 12.6 Å². The molecule has 106 valence electrons. The summed E-state index contributed by atoms with van der Waals surface area (Å²) in [6, 6.07) is 12.2. The summed E-state index contributed by atoms with van der Waals surface area (Å²) >= 11 is 0. The van der Waals surface area contributed by atoms with Crippen LogP contribution in [-0.2, 0) is 6.54 Å². The molecule has 1 aliphatic heterocycles. The van der Waals surface area contributed by atoms with Crippen molar-refractivity contribution in [3.05, 3.63) is 35.9 Å². The molecule has 1 fully saturated rings. The lowest BCUT2D eigenvalue weighted by molar-refractivity contribution is 0.206. The van der Waals surface area contributed by atoms with Gasteiger partial charge in [-0.15, -0.1) is 0 Å². The highest BCUT2D eigenvalue weighted by Crippen LogP contribution is 2.13. The molecule has 1 atom stereocenters. The Morgan fingerprint density at radius 3 is 2.68 bits per heavy atom. The van der Waals surface area contributed by atoms with Crippen LogP contribution in [-0.4, -0.2) is 30.1 Å². The number of hydrogen-bond donors (Lipinski definition) is 1. The van der Waals surface area contributed by atoms with Gasteiger partial charge in [0.1, 0.15) is 0 Å². The first-order chi connectivity index (χ1) is 9.25. The van der Waals surface area contributed by atoms with Gasteiger partial charge in [-0.3, -0.25) is 4.90 Å². The van der Waals surface area contributed by atoms with Crippen LogP contribution in [0.4, 0.5) is 0 Å². The van der Waals surface area contributed by atoms with Crippen molar-refractivity contribution in [1.82, 2.24) is 10.2 Å². The quantitative estimate of drug-likeness (QED) is 0.808. The predicted octanol–water partition coefficient (Wildman–Crippen LogP) is 3.43. The summed E-state index contributed by atoms with van der Waals surface area (Å²) in [6.07, 6.45) is 5.38. The average Bonchev–Trinajstić information content (AvgIpc) is 2.92. The molecule has 1 saturated heterocycles. The lowest BCUT2D eigenvalue weighted by Gasteiger charge is -2.27. The minimum Gasteiger partial charge on any atom is -0.314 e. The average molecular weight is 260 g/mol. The Morgan fingerprint density at radius 2 is 2.05 bits per heavy atom. The van der Waals surface area contributed by atoms with E-state index < -0.39 is 0 Å². The SMILES string of the molecule is CC(C)N(CCCC1CCCN1)Cc1ccccc1. The smallest absolute Gasteiger partial charge is 0.0236 e. The van der Waals surface area contributed by atoms with Crippen molar-refractivity contribution in [2.24, 2.45) is 0 Å². The second kappa shape index (κ2) is 7.66. The maximum Gasteiger partial charge on any atom is 0.0236 e. The summed E-state index contributed by atoms with van der Waals surface area (Å²) < 4.78 is 0. The lowest BCUT2D eigenvalue weighted by atomic mass is 10.1. The number of nitrogens with zero attached hydrogens (tertiary/aromatic N) is 1. The topological polar surface area (TPSA) is 15.3 Å². The van der Waals surface area contributed by atoms with Crippen LogP contribution in [0.3, 0.4) is 0 Å². The molecule has 2 nitrogen and oxygen atoms in total. The highest BCUT2D eigenvalue weighted by molar-refractivity contribution is 5.14. The molecule has 1 N–H and O–H groups in total. The maximum absolute atomic E-state index is 3.59. The minimum absolute atomic E-state index is 0.622. The Balaban J connectivity index is 1.76. The van der Waals surface area contributed by atoms with E-state index in [0.29, 0.717) is 6.04 Å². The third-order valence-electron chi connectivity index (χ3n) is 4.12. The van der Waals surface area contributed by atoms with Crippen molar-refractivity contribution in [2.45, 2.75) is 58.2 Å². The van der Waals surface area contributed by atoms with E-state index in [2.05, 4.69) is 54.4 Å². The molecule has 1 aromatic rings. The van der Waals surface area contributed by atoms with E-state index in [1.54, 1.807) is 0 Å². The van der Waals surface area contributed by atoms with Crippen LogP contribution in [0.2, 0.25) is 0 Å². The van der Waals surface area contributed by atoms with Gasteiger partial charge in [-0.25, -0.2) is 0 Å². The molecule has 1 aromatic carbocycles. The van der Waals surface area contributed by atoms with Gasteiger partial charge in [0.25, 0.3) is 0 Å². The van der Waals surface area contributed by atoms with Crippen molar-refractivity contribution < 1.29 is 0 Å². The number of benzene rings is 1. The Labute approximate surface area is 118 Å². The summed E-state index contributed by atoms with van der Waals surface area (Å²) in [5.74, 6) is 0. The number of nitrogens with one attached hydrogen (secondary N) is 1. The first-order valence-electron chi connectivity index (χ1n) is 7.77. The fraction of sp³-hybridized carbons (Fsp3) is 0.647. The first-order valence-corrected chi connectivity index (χ1v) is 7.77. The van der Waals surface area contributed by atoms with Gasteiger partial charge in [-0.05, 0) is 58.2 Å². The highest BCUT2D eigenvalue weighted by atomic mass is 15.1. The molecule has 1 heterocycles. The van der Waals surface area contributed by atoms with Crippen LogP contribution in [0.1, 0.15) is 45.1 Å². The van der Waals surface area contributed by atoms with E-state index in [1.165, 1.54) is 44.3 Å². The molecule has 0 aromatic heterocycles. The van der Waals surface area contributed by atoms with Gasteiger partial charge in [0, 0.05) is 18.6 Å². The van der Waals surface area contributed by atoms with Gasteiger partial charge in [-0.1, -0.05) is 30.3 Å². The highest BCUT2D eigenvalue weighted by Gasteiger charge is 2.15. The third kappa shape index (κ3) is 4.96. The number of rotatable bonds is 7. The third-order valence-corrected chi connectivity index (χ3v) is 4.12. The standard InChI is InChI=1S/C17H28N2/c1-15(2)19(14-16-8-4-3-5-9-16)13-7-11-17-10-6-12-18-17/h3-5,8-9,15,17-18H,6-7,10-14H2,1-2H3. The second-order valence-electron chi connectivity index (χ2n) is 5.99. The zero-order chi connectivity index (χ0) is 13.5. The first kappa shape index (κ1) is 14.5. The Bertz CT molecular complexity index is 342. The zero-order valence-corrected chi connectivity index (χ0v) is 12.4. The van der Waals surface area contributed by atoms with Gasteiger partial charge in [0.15, 0.2) is 0 Å². The van der Waals surface area contributed by atoms with Gasteiger partial charge in [0.2, 0.25) is 0 Å². The summed E-state index contributed by atoms with van der Waals surface area (Å²) in [5, 5.41) is 3.59. The molecule has 0 bridgehead atoms. The molecule has 1 unspecified atom stereocenters. The Morgan fingerprint density at radius 1 is 1.26 bits per heavy atom. The van der Waals surface area contributed by atoms with Crippen molar-refractivity contribution in [2.75, 3.05) is 13.1 Å². The predicted molar refractivity (Wildman–Crippen MR) is 82.2 cm³/mol. The van der Waals surface area contributed by atoms with Crippen LogP contribution in [0.25, 0.3) is 0 Å². The van der Waals surface area contributed by atoms with Crippen LogP contribution in [0.15, 0.2) is 30.3 Å². The van der Waals surface area contributed by atoms with Crippen LogP contribution < -0.4 is 5.32 Å². The molecule has 1 aliphatic rings. The second-order valence-corrected chi connectivity index (χ2v) is 5.99. The van der Waals surface area contributed by atoms with Crippen molar-refractivity contribution >= 4 is 0 Å². The van der Waals surface area contributed by atoms with Crippen LogP contribution in [0, 0.1) is 0 Å². The molecule has 0 saturated carbocycles. The lowest BCUT2D eigenvalue weighted by Crippen LogP contribution is -2.32. The molecule has 2 heteroatoms. The molecular weight excluding hydrogens is 232 g/mol. The maximum atomic E-state index is 3.59. The van der Waals surface area contributed by atoms with E-state index in [9.17, 15) is 0 Å². The Kier molecular flexibility index (Phi) is 5.87. The monoisotopic (exact) mass is 260 g/mol. The van der Waals surface area contributed by atoms with E-state index in [1.807, 2.05) is 0 Å². The fourth-order valence-electron chi connectivity index (χ4n) is 2.88. The van der Waals surface area contributed by atoms with Crippen LogP contribution in [0.5, 0.6) is 0 Å². The number of hydrogen-bond acceptors (Lipinski definition) is 2.